The molecule has 6 heteroatoms. The molecule has 3 amide bonds. The van der Waals surface area contributed by atoms with Crippen molar-refractivity contribution < 1.29 is 14.3 Å². The van der Waals surface area contributed by atoms with Crippen molar-refractivity contribution in [3.05, 3.63) is 65.7 Å². The van der Waals surface area contributed by atoms with E-state index in [1.54, 1.807) is 17.0 Å². The highest BCUT2D eigenvalue weighted by Gasteiger charge is 2.27. The number of amides is 3. The van der Waals surface area contributed by atoms with Crippen molar-refractivity contribution in [2.24, 2.45) is 0 Å². The maximum Gasteiger partial charge on any atom is 0.324 e. The monoisotopic (exact) mass is 393 g/mol. The van der Waals surface area contributed by atoms with E-state index in [1.165, 1.54) is 0 Å². The molecule has 2 heterocycles. The van der Waals surface area contributed by atoms with Crippen molar-refractivity contribution in [2.75, 3.05) is 31.1 Å². The summed E-state index contributed by atoms with van der Waals surface area (Å²) in [4.78, 5) is 29.0. The number of carbonyl (C=O) groups excluding carboxylic acids is 2. The second-order valence-corrected chi connectivity index (χ2v) is 7.59. The lowest BCUT2D eigenvalue weighted by Gasteiger charge is -2.35. The molecule has 2 fully saturated rings. The van der Waals surface area contributed by atoms with Crippen LogP contribution in [0.3, 0.4) is 0 Å². The predicted octanol–water partition coefficient (Wildman–Crippen LogP) is 3.43. The van der Waals surface area contributed by atoms with Gasteiger partial charge in [0.1, 0.15) is 0 Å². The zero-order valence-corrected chi connectivity index (χ0v) is 16.5. The molecule has 2 aromatic rings. The number of carbonyl (C=O) groups is 2. The van der Waals surface area contributed by atoms with Crippen molar-refractivity contribution in [3.63, 3.8) is 0 Å². The van der Waals surface area contributed by atoms with E-state index in [4.69, 9.17) is 4.74 Å². The SMILES string of the molecule is O=C(NC[C@H]1CCCO1)c1ccc(N2CCCN(Cc3ccccc3)C2=O)cc1. The Morgan fingerprint density at radius 2 is 1.83 bits per heavy atom. The highest BCUT2D eigenvalue weighted by atomic mass is 16.5. The highest BCUT2D eigenvalue weighted by molar-refractivity contribution is 5.96. The fraction of sp³-hybridized carbons (Fsp3) is 0.391. The van der Waals surface area contributed by atoms with Gasteiger partial charge in [0.25, 0.3) is 5.91 Å². The van der Waals surface area contributed by atoms with Gasteiger partial charge in [-0.05, 0) is 49.1 Å². The summed E-state index contributed by atoms with van der Waals surface area (Å²) < 4.78 is 5.54. The second-order valence-electron chi connectivity index (χ2n) is 7.59. The quantitative estimate of drug-likeness (QED) is 0.818. The lowest BCUT2D eigenvalue weighted by atomic mass is 10.1. The summed E-state index contributed by atoms with van der Waals surface area (Å²) in [6.45, 7) is 3.38. The summed E-state index contributed by atoms with van der Waals surface area (Å²) >= 11 is 0. The van der Waals surface area contributed by atoms with Crippen LogP contribution in [0.25, 0.3) is 0 Å². The molecule has 0 radical (unpaired) electrons. The van der Waals surface area contributed by atoms with Gasteiger partial charge < -0.3 is 15.0 Å². The molecule has 2 saturated heterocycles. The van der Waals surface area contributed by atoms with E-state index in [9.17, 15) is 9.59 Å². The number of hydrogen-bond donors (Lipinski definition) is 1. The van der Waals surface area contributed by atoms with Gasteiger partial charge in [-0.1, -0.05) is 30.3 Å². The van der Waals surface area contributed by atoms with E-state index in [0.717, 1.165) is 43.7 Å². The summed E-state index contributed by atoms with van der Waals surface area (Å²) in [6.07, 6.45) is 3.10. The number of urea groups is 1. The Morgan fingerprint density at radius 3 is 2.55 bits per heavy atom. The minimum Gasteiger partial charge on any atom is -0.376 e. The summed E-state index contributed by atoms with van der Waals surface area (Å²) in [5.41, 5.74) is 2.54. The minimum absolute atomic E-state index is 0.00990. The molecule has 4 rings (SSSR count). The number of ether oxygens (including phenoxy) is 1. The molecule has 0 aromatic heterocycles. The zero-order chi connectivity index (χ0) is 20.1. The Balaban J connectivity index is 1.37. The Kier molecular flexibility index (Phi) is 6.10. The van der Waals surface area contributed by atoms with Crippen LogP contribution in [0.4, 0.5) is 10.5 Å². The molecule has 1 atom stereocenters. The smallest absolute Gasteiger partial charge is 0.324 e. The largest absolute Gasteiger partial charge is 0.376 e. The predicted molar refractivity (Wildman–Crippen MR) is 112 cm³/mol. The Labute approximate surface area is 171 Å². The van der Waals surface area contributed by atoms with E-state index in [1.807, 2.05) is 47.4 Å². The van der Waals surface area contributed by atoms with Gasteiger partial charge in [-0.15, -0.1) is 0 Å². The molecule has 0 bridgehead atoms. The van der Waals surface area contributed by atoms with Crippen LogP contribution in [0.1, 0.15) is 35.2 Å². The number of hydrogen-bond acceptors (Lipinski definition) is 3. The second kappa shape index (κ2) is 9.09. The van der Waals surface area contributed by atoms with Crippen molar-refractivity contribution in [1.82, 2.24) is 10.2 Å². The normalized spacial score (nSPS) is 19.4. The molecule has 2 aliphatic heterocycles. The maximum atomic E-state index is 13.0. The summed E-state index contributed by atoms with van der Waals surface area (Å²) in [7, 11) is 0. The molecular weight excluding hydrogens is 366 g/mol. The van der Waals surface area contributed by atoms with E-state index in [0.29, 0.717) is 25.2 Å². The van der Waals surface area contributed by atoms with Crippen LogP contribution in [-0.4, -0.2) is 49.2 Å². The standard InChI is InChI=1S/C23H27N3O3/c27-22(24-16-21-8-4-15-29-21)19-9-11-20(12-10-19)26-14-5-13-25(23(26)28)17-18-6-2-1-3-7-18/h1-3,6-7,9-12,21H,4-5,8,13-17H2,(H,24,27)/t21-/m1/s1. The molecule has 2 aliphatic rings. The highest BCUT2D eigenvalue weighted by Crippen LogP contribution is 2.22. The third-order valence-corrected chi connectivity index (χ3v) is 5.48. The Hall–Kier alpha value is -2.86. The van der Waals surface area contributed by atoms with Gasteiger partial charge in [0.15, 0.2) is 0 Å². The van der Waals surface area contributed by atoms with Gasteiger partial charge in [0.2, 0.25) is 0 Å². The topological polar surface area (TPSA) is 61.9 Å². The zero-order valence-electron chi connectivity index (χ0n) is 16.5. The number of rotatable bonds is 6. The first kappa shape index (κ1) is 19.5. The first-order valence-electron chi connectivity index (χ1n) is 10.3. The van der Waals surface area contributed by atoms with Crippen LogP contribution >= 0.6 is 0 Å². The number of nitrogens with one attached hydrogen (secondary N) is 1. The molecule has 152 valence electrons. The molecule has 0 spiro atoms. The maximum absolute atomic E-state index is 13.0. The Bertz CT molecular complexity index is 832. The number of benzene rings is 2. The van der Waals surface area contributed by atoms with Crippen molar-refractivity contribution in [2.45, 2.75) is 31.9 Å². The van der Waals surface area contributed by atoms with Crippen molar-refractivity contribution >= 4 is 17.6 Å². The van der Waals surface area contributed by atoms with Crippen LogP contribution in [0, 0.1) is 0 Å². The van der Waals surface area contributed by atoms with Crippen LogP contribution < -0.4 is 10.2 Å². The average Bonchev–Trinajstić information content (AvgIpc) is 3.28. The molecule has 0 saturated carbocycles. The molecule has 29 heavy (non-hydrogen) atoms. The fourth-order valence-corrected chi connectivity index (χ4v) is 3.88. The van der Waals surface area contributed by atoms with Gasteiger partial charge in [0, 0.05) is 44.0 Å². The van der Waals surface area contributed by atoms with Gasteiger partial charge in [-0.3, -0.25) is 9.69 Å². The van der Waals surface area contributed by atoms with Gasteiger partial charge in [-0.2, -0.15) is 0 Å². The van der Waals surface area contributed by atoms with Crippen LogP contribution in [0.2, 0.25) is 0 Å². The molecule has 0 unspecified atom stereocenters. The van der Waals surface area contributed by atoms with Crippen LogP contribution in [0.15, 0.2) is 54.6 Å². The van der Waals surface area contributed by atoms with Gasteiger partial charge in [-0.25, -0.2) is 4.79 Å². The summed E-state index contributed by atoms with van der Waals surface area (Å²) in [5.74, 6) is -0.109. The van der Waals surface area contributed by atoms with Crippen molar-refractivity contribution in [3.8, 4) is 0 Å². The van der Waals surface area contributed by atoms with E-state index in [-0.39, 0.29) is 18.0 Å². The number of nitrogens with zero attached hydrogens (tertiary/aromatic N) is 2. The molecule has 6 nitrogen and oxygen atoms in total. The van der Waals surface area contributed by atoms with Crippen molar-refractivity contribution in [1.29, 1.82) is 0 Å². The lowest BCUT2D eigenvalue weighted by Crippen LogP contribution is -2.49. The third-order valence-electron chi connectivity index (χ3n) is 5.48. The fourth-order valence-electron chi connectivity index (χ4n) is 3.88. The first-order valence-corrected chi connectivity index (χ1v) is 10.3. The Morgan fingerprint density at radius 1 is 1.03 bits per heavy atom. The first-order chi connectivity index (χ1) is 14.2. The van der Waals surface area contributed by atoms with Crippen LogP contribution in [-0.2, 0) is 11.3 Å². The third kappa shape index (κ3) is 4.77. The molecular formula is C23H27N3O3. The van der Waals surface area contributed by atoms with Gasteiger partial charge >= 0.3 is 6.03 Å². The molecule has 1 N–H and O–H groups in total. The minimum atomic E-state index is -0.109. The molecule has 2 aromatic carbocycles. The molecule has 0 aliphatic carbocycles. The van der Waals surface area contributed by atoms with E-state index < -0.39 is 0 Å². The average molecular weight is 393 g/mol. The van der Waals surface area contributed by atoms with E-state index >= 15 is 0 Å². The van der Waals surface area contributed by atoms with E-state index in [2.05, 4.69) is 5.32 Å². The lowest BCUT2D eigenvalue weighted by molar-refractivity contribution is 0.0858. The number of anilines is 1. The summed E-state index contributed by atoms with van der Waals surface area (Å²) in [6, 6.07) is 17.3. The summed E-state index contributed by atoms with van der Waals surface area (Å²) in [5, 5.41) is 2.93. The van der Waals surface area contributed by atoms with Gasteiger partial charge in [0.05, 0.1) is 6.10 Å². The van der Waals surface area contributed by atoms with Crippen LogP contribution in [0.5, 0.6) is 0 Å².